The van der Waals surface area contributed by atoms with Crippen LogP contribution in [0.4, 0.5) is 5.69 Å². The van der Waals surface area contributed by atoms with Crippen molar-refractivity contribution < 1.29 is 19.1 Å². The molecule has 0 aliphatic heterocycles. The minimum atomic E-state index is -0.889. The molecule has 2 rings (SSSR count). The van der Waals surface area contributed by atoms with E-state index in [-0.39, 0.29) is 23.3 Å². The second-order valence-electron chi connectivity index (χ2n) is 6.36. The molecule has 0 spiro atoms. The van der Waals surface area contributed by atoms with E-state index in [0.29, 0.717) is 17.3 Å². The Hall–Kier alpha value is -2.51. The van der Waals surface area contributed by atoms with Gasteiger partial charge in [0, 0.05) is 24.3 Å². The standard InChI is InChI=1S/C21H23ClN2O4S/c1-15(21(27)24(2)12-16-6-4-3-5-7-16)28-20(26)14-29-13-19(25)23-18-10-8-17(22)9-11-18/h3-11,15H,12-14H2,1-2H3,(H,23,25)/t15-/m1/s1. The van der Waals surface area contributed by atoms with Crippen molar-refractivity contribution in [2.24, 2.45) is 0 Å². The van der Waals surface area contributed by atoms with Crippen LogP contribution >= 0.6 is 23.4 Å². The first-order chi connectivity index (χ1) is 13.8. The second-order valence-corrected chi connectivity index (χ2v) is 7.78. The van der Waals surface area contributed by atoms with Gasteiger partial charge in [-0.2, -0.15) is 0 Å². The zero-order valence-electron chi connectivity index (χ0n) is 16.3. The van der Waals surface area contributed by atoms with Crippen LogP contribution in [0.3, 0.4) is 0 Å². The average molecular weight is 435 g/mol. The number of thioether (sulfide) groups is 1. The number of hydrogen-bond donors (Lipinski definition) is 1. The number of nitrogens with zero attached hydrogens (tertiary/aromatic N) is 1. The molecular weight excluding hydrogens is 412 g/mol. The van der Waals surface area contributed by atoms with Crippen molar-refractivity contribution >= 4 is 46.8 Å². The first kappa shape index (κ1) is 22.8. The van der Waals surface area contributed by atoms with E-state index < -0.39 is 12.1 Å². The third-order valence-corrected chi connectivity index (χ3v) is 5.03. The largest absolute Gasteiger partial charge is 0.452 e. The molecule has 0 heterocycles. The predicted molar refractivity (Wildman–Crippen MR) is 116 cm³/mol. The van der Waals surface area contributed by atoms with Crippen LogP contribution in [0, 0.1) is 0 Å². The van der Waals surface area contributed by atoms with Crippen LogP contribution < -0.4 is 5.32 Å². The molecule has 0 bridgehead atoms. The molecule has 8 heteroatoms. The summed E-state index contributed by atoms with van der Waals surface area (Å²) in [4.78, 5) is 37.7. The lowest BCUT2D eigenvalue weighted by Crippen LogP contribution is -2.37. The van der Waals surface area contributed by atoms with Crippen molar-refractivity contribution in [2.45, 2.75) is 19.6 Å². The fourth-order valence-corrected chi connectivity index (χ4v) is 3.20. The van der Waals surface area contributed by atoms with Gasteiger partial charge in [-0.1, -0.05) is 41.9 Å². The monoisotopic (exact) mass is 434 g/mol. The molecule has 2 aromatic carbocycles. The van der Waals surface area contributed by atoms with E-state index in [2.05, 4.69) is 5.32 Å². The van der Waals surface area contributed by atoms with Crippen molar-refractivity contribution in [3.63, 3.8) is 0 Å². The van der Waals surface area contributed by atoms with Crippen LogP contribution in [0.5, 0.6) is 0 Å². The van der Waals surface area contributed by atoms with Gasteiger partial charge in [-0.25, -0.2) is 0 Å². The lowest BCUT2D eigenvalue weighted by Gasteiger charge is -2.21. The Bertz CT molecular complexity index is 830. The number of hydrogen-bond acceptors (Lipinski definition) is 5. The zero-order chi connectivity index (χ0) is 21.2. The number of likely N-dealkylation sites (N-methyl/N-ethyl adjacent to an activating group) is 1. The highest BCUT2D eigenvalue weighted by Crippen LogP contribution is 2.14. The number of amides is 2. The summed E-state index contributed by atoms with van der Waals surface area (Å²) in [6, 6.07) is 16.3. The summed E-state index contributed by atoms with van der Waals surface area (Å²) in [6.07, 6.45) is -0.889. The van der Waals surface area contributed by atoms with E-state index in [1.165, 1.54) is 4.90 Å². The maximum Gasteiger partial charge on any atom is 0.316 e. The van der Waals surface area contributed by atoms with Crippen LogP contribution in [0.2, 0.25) is 5.02 Å². The molecule has 0 fully saturated rings. The van der Waals surface area contributed by atoms with Crippen LogP contribution in [0.1, 0.15) is 12.5 Å². The first-order valence-electron chi connectivity index (χ1n) is 8.96. The number of ether oxygens (including phenoxy) is 1. The molecule has 0 saturated carbocycles. The van der Waals surface area contributed by atoms with Gasteiger partial charge in [0.1, 0.15) is 0 Å². The number of anilines is 1. The van der Waals surface area contributed by atoms with E-state index in [1.807, 2.05) is 30.3 Å². The lowest BCUT2D eigenvalue weighted by molar-refractivity contribution is -0.156. The number of nitrogens with one attached hydrogen (secondary N) is 1. The van der Waals surface area contributed by atoms with Gasteiger partial charge in [0.05, 0.1) is 11.5 Å². The van der Waals surface area contributed by atoms with E-state index in [1.54, 1.807) is 38.2 Å². The Kier molecular flexibility index (Phi) is 9.02. The maximum atomic E-state index is 12.4. The highest BCUT2D eigenvalue weighted by molar-refractivity contribution is 8.00. The van der Waals surface area contributed by atoms with Crippen LogP contribution in [0.25, 0.3) is 0 Å². The molecular formula is C21H23ClN2O4S. The summed E-state index contributed by atoms with van der Waals surface area (Å²) in [5.41, 5.74) is 1.62. The molecule has 1 atom stereocenters. The van der Waals surface area contributed by atoms with Crippen molar-refractivity contribution in [1.29, 1.82) is 0 Å². The van der Waals surface area contributed by atoms with Crippen molar-refractivity contribution in [1.82, 2.24) is 4.90 Å². The Morgan fingerprint density at radius 2 is 1.72 bits per heavy atom. The fraction of sp³-hybridized carbons (Fsp3) is 0.286. The Morgan fingerprint density at radius 1 is 1.07 bits per heavy atom. The highest BCUT2D eigenvalue weighted by atomic mass is 35.5. The minimum Gasteiger partial charge on any atom is -0.452 e. The van der Waals surface area contributed by atoms with Crippen LogP contribution in [-0.2, 0) is 25.7 Å². The normalized spacial score (nSPS) is 11.4. The van der Waals surface area contributed by atoms with Gasteiger partial charge >= 0.3 is 5.97 Å². The molecule has 0 aromatic heterocycles. The summed E-state index contributed by atoms with van der Waals surface area (Å²) in [7, 11) is 1.66. The van der Waals surface area contributed by atoms with E-state index in [4.69, 9.17) is 16.3 Å². The molecule has 0 saturated heterocycles. The second kappa shape index (κ2) is 11.5. The molecule has 0 unspecified atom stereocenters. The average Bonchev–Trinajstić information content (AvgIpc) is 2.69. The van der Waals surface area contributed by atoms with Crippen LogP contribution in [0.15, 0.2) is 54.6 Å². The van der Waals surface area contributed by atoms with Gasteiger partial charge < -0.3 is 15.0 Å². The van der Waals surface area contributed by atoms with Crippen LogP contribution in [-0.4, -0.2) is 47.3 Å². The third kappa shape index (κ3) is 8.17. The maximum absolute atomic E-state index is 12.4. The summed E-state index contributed by atoms with van der Waals surface area (Å²) in [5, 5.41) is 3.29. The molecule has 2 amide bonds. The highest BCUT2D eigenvalue weighted by Gasteiger charge is 2.21. The van der Waals surface area contributed by atoms with Gasteiger partial charge in [0.15, 0.2) is 6.10 Å². The number of halogens is 1. The lowest BCUT2D eigenvalue weighted by atomic mass is 10.2. The molecule has 1 N–H and O–H groups in total. The number of carbonyl (C=O) groups is 3. The Labute approximate surface area is 179 Å². The molecule has 154 valence electrons. The van der Waals surface area contributed by atoms with Gasteiger partial charge in [-0.3, -0.25) is 14.4 Å². The predicted octanol–water partition coefficient (Wildman–Crippen LogP) is 3.60. The van der Waals surface area contributed by atoms with Gasteiger partial charge in [0.2, 0.25) is 5.91 Å². The number of rotatable bonds is 9. The van der Waals surface area contributed by atoms with Crippen molar-refractivity contribution in [3.05, 3.63) is 65.2 Å². The van der Waals surface area contributed by atoms with Crippen molar-refractivity contribution in [3.8, 4) is 0 Å². The molecule has 0 radical (unpaired) electrons. The quantitative estimate of drug-likeness (QED) is 0.610. The fourth-order valence-electron chi connectivity index (χ4n) is 2.48. The molecule has 0 aliphatic rings. The smallest absolute Gasteiger partial charge is 0.316 e. The van der Waals surface area contributed by atoms with E-state index >= 15 is 0 Å². The minimum absolute atomic E-state index is 0.0198. The first-order valence-corrected chi connectivity index (χ1v) is 10.5. The van der Waals surface area contributed by atoms with Gasteiger partial charge in [-0.15, -0.1) is 11.8 Å². The third-order valence-electron chi connectivity index (χ3n) is 3.88. The molecule has 6 nitrogen and oxygen atoms in total. The summed E-state index contributed by atoms with van der Waals surface area (Å²) < 4.78 is 5.19. The SMILES string of the molecule is C[C@@H](OC(=O)CSCC(=O)Nc1ccc(Cl)cc1)C(=O)N(C)Cc1ccccc1. The van der Waals surface area contributed by atoms with Crippen molar-refractivity contribution in [2.75, 3.05) is 23.9 Å². The Balaban J connectivity index is 1.68. The van der Waals surface area contributed by atoms with Gasteiger partial charge in [-0.05, 0) is 36.8 Å². The Morgan fingerprint density at radius 3 is 2.38 bits per heavy atom. The summed E-state index contributed by atoms with van der Waals surface area (Å²) in [6.45, 7) is 1.97. The molecule has 29 heavy (non-hydrogen) atoms. The molecule has 0 aliphatic carbocycles. The number of carbonyl (C=O) groups excluding carboxylic acids is 3. The summed E-state index contributed by atoms with van der Waals surface area (Å²) >= 11 is 6.91. The number of benzene rings is 2. The van der Waals surface area contributed by atoms with E-state index in [9.17, 15) is 14.4 Å². The van der Waals surface area contributed by atoms with E-state index in [0.717, 1.165) is 17.3 Å². The molecule has 2 aromatic rings. The summed E-state index contributed by atoms with van der Waals surface area (Å²) in [5.74, 6) is -0.991. The zero-order valence-corrected chi connectivity index (χ0v) is 17.8. The topological polar surface area (TPSA) is 75.7 Å². The number of esters is 1. The van der Waals surface area contributed by atoms with Gasteiger partial charge in [0.25, 0.3) is 5.91 Å².